The predicted octanol–water partition coefficient (Wildman–Crippen LogP) is 1.47. The third-order valence-corrected chi connectivity index (χ3v) is 2.72. The van der Waals surface area contributed by atoms with E-state index in [9.17, 15) is 4.39 Å². The number of benzene rings is 1. The Hall–Kier alpha value is -1.56. The zero-order valence-corrected chi connectivity index (χ0v) is 10.6. The number of aliphatic hydroxyl groups is 1. The fourth-order valence-corrected chi connectivity index (χ4v) is 1.90. The van der Waals surface area contributed by atoms with E-state index >= 15 is 0 Å². The number of hydrogen-bond donors (Lipinski definition) is 2. The lowest BCUT2D eigenvalue weighted by atomic mass is 10.1. The van der Waals surface area contributed by atoms with Gasteiger partial charge < -0.3 is 15.2 Å². The first-order chi connectivity index (χ1) is 9.31. The summed E-state index contributed by atoms with van der Waals surface area (Å²) in [5.41, 5.74) is 1.64. The predicted molar refractivity (Wildman–Crippen MR) is 71.3 cm³/mol. The lowest BCUT2D eigenvalue weighted by molar-refractivity contribution is 0.0938. The summed E-state index contributed by atoms with van der Waals surface area (Å²) < 4.78 is 18.6. The molecule has 19 heavy (non-hydrogen) atoms. The van der Waals surface area contributed by atoms with Crippen LogP contribution in [0.5, 0.6) is 0 Å². The summed E-state index contributed by atoms with van der Waals surface area (Å²) in [7, 11) is 0. The molecular weight excluding hydrogens is 247 g/mol. The van der Waals surface area contributed by atoms with E-state index in [1.807, 2.05) is 6.07 Å². The van der Waals surface area contributed by atoms with Crippen LogP contribution in [0, 0.1) is 5.82 Å². The SMILES string of the molecule is OCCOCCNCc1cc(F)cc2cccnc12. The molecule has 0 aliphatic rings. The summed E-state index contributed by atoms with van der Waals surface area (Å²) in [6.45, 7) is 2.06. The minimum atomic E-state index is -0.256. The highest BCUT2D eigenvalue weighted by atomic mass is 19.1. The molecule has 2 rings (SSSR count). The van der Waals surface area contributed by atoms with Gasteiger partial charge >= 0.3 is 0 Å². The number of aliphatic hydroxyl groups excluding tert-OH is 1. The fraction of sp³-hybridized carbons (Fsp3) is 0.357. The molecule has 1 aromatic heterocycles. The number of rotatable bonds is 7. The van der Waals surface area contributed by atoms with Crippen molar-refractivity contribution in [1.29, 1.82) is 0 Å². The molecule has 0 atom stereocenters. The zero-order valence-electron chi connectivity index (χ0n) is 10.6. The highest BCUT2D eigenvalue weighted by Gasteiger charge is 2.04. The summed E-state index contributed by atoms with van der Waals surface area (Å²) in [6.07, 6.45) is 1.70. The van der Waals surface area contributed by atoms with Crippen LogP contribution in [0.25, 0.3) is 10.9 Å². The van der Waals surface area contributed by atoms with Gasteiger partial charge in [0.2, 0.25) is 0 Å². The Labute approximate surface area is 111 Å². The van der Waals surface area contributed by atoms with Crippen LogP contribution >= 0.6 is 0 Å². The van der Waals surface area contributed by atoms with Gasteiger partial charge in [0, 0.05) is 24.7 Å². The maximum atomic E-state index is 13.5. The Bertz CT molecular complexity index is 534. The monoisotopic (exact) mass is 264 g/mol. The van der Waals surface area contributed by atoms with Gasteiger partial charge in [0.05, 0.1) is 25.3 Å². The number of nitrogens with zero attached hydrogens (tertiary/aromatic N) is 1. The molecule has 0 bridgehead atoms. The largest absolute Gasteiger partial charge is 0.394 e. The Kier molecular flexibility index (Phi) is 5.20. The van der Waals surface area contributed by atoms with Crippen molar-refractivity contribution in [3.63, 3.8) is 0 Å². The highest BCUT2D eigenvalue weighted by molar-refractivity contribution is 5.81. The van der Waals surface area contributed by atoms with Crippen LogP contribution in [-0.4, -0.2) is 36.5 Å². The first-order valence-corrected chi connectivity index (χ1v) is 6.24. The number of halogens is 1. The van der Waals surface area contributed by atoms with Crippen molar-refractivity contribution in [3.05, 3.63) is 41.8 Å². The number of ether oxygens (including phenoxy) is 1. The Morgan fingerprint density at radius 1 is 1.32 bits per heavy atom. The second-order valence-electron chi connectivity index (χ2n) is 4.15. The van der Waals surface area contributed by atoms with Crippen molar-refractivity contribution in [2.75, 3.05) is 26.4 Å². The zero-order chi connectivity index (χ0) is 13.5. The third-order valence-electron chi connectivity index (χ3n) is 2.72. The number of pyridine rings is 1. The minimum absolute atomic E-state index is 0.0262. The minimum Gasteiger partial charge on any atom is -0.394 e. The average molecular weight is 264 g/mol. The van der Waals surface area contributed by atoms with Gasteiger partial charge in [-0.1, -0.05) is 6.07 Å². The molecule has 0 spiro atoms. The van der Waals surface area contributed by atoms with Gasteiger partial charge in [0.1, 0.15) is 5.82 Å². The molecule has 0 amide bonds. The van der Waals surface area contributed by atoms with E-state index in [-0.39, 0.29) is 12.4 Å². The van der Waals surface area contributed by atoms with Gasteiger partial charge in [-0.3, -0.25) is 4.98 Å². The van der Waals surface area contributed by atoms with Crippen molar-refractivity contribution in [2.45, 2.75) is 6.54 Å². The second kappa shape index (κ2) is 7.13. The molecule has 0 saturated carbocycles. The van der Waals surface area contributed by atoms with Gasteiger partial charge in [-0.25, -0.2) is 4.39 Å². The van der Waals surface area contributed by atoms with E-state index < -0.39 is 0 Å². The van der Waals surface area contributed by atoms with Gasteiger partial charge in [-0.2, -0.15) is 0 Å². The Balaban J connectivity index is 1.96. The van der Waals surface area contributed by atoms with Crippen molar-refractivity contribution in [2.24, 2.45) is 0 Å². The molecule has 0 aliphatic carbocycles. The molecule has 0 unspecified atom stereocenters. The normalized spacial score (nSPS) is 11.1. The summed E-state index contributed by atoms with van der Waals surface area (Å²) in [4.78, 5) is 4.28. The van der Waals surface area contributed by atoms with Crippen molar-refractivity contribution in [3.8, 4) is 0 Å². The third kappa shape index (κ3) is 3.96. The van der Waals surface area contributed by atoms with E-state index in [1.54, 1.807) is 12.3 Å². The van der Waals surface area contributed by atoms with Crippen LogP contribution in [0.2, 0.25) is 0 Å². The van der Waals surface area contributed by atoms with Gasteiger partial charge in [-0.05, 0) is 23.8 Å². The highest BCUT2D eigenvalue weighted by Crippen LogP contribution is 2.18. The summed E-state index contributed by atoms with van der Waals surface area (Å²) in [5, 5.41) is 12.5. The van der Waals surface area contributed by atoms with Crippen LogP contribution in [0.1, 0.15) is 5.56 Å². The van der Waals surface area contributed by atoms with E-state index in [0.717, 1.165) is 16.5 Å². The molecular formula is C14H17FN2O2. The number of fused-ring (bicyclic) bond motifs is 1. The first-order valence-electron chi connectivity index (χ1n) is 6.24. The molecule has 5 heteroatoms. The summed E-state index contributed by atoms with van der Waals surface area (Å²) >= 11 is 0. The number of aromatic nitrogens is 1. The van der Waals surface area contributed by atoms with Crippen LogP contribution in [0.4, 0.5) is 4.39 Å². The van der Waals surface area contributed by atoms with E-state index in [4.69, 9.17) is 9.84 Å². The van der Waals surface area contributed by atoms with E-state index in [1.165, 1.54) is 12.1 Å². The summed E-state index contributed by atoms with van der Waals surface area (Å²) in [5.74, 6) is -0.256. The Morgan fingerprint density at radius 2 is 2.21 bits per heavy atom. The van der Waals surface area contributed by atoms with Gasteiger partial charge in [0.25, 0.3) is 0 Å². The summed E-state index contributed by atoms with van der Waals surface area (Å²) in [6, 6.07) is 6.62. The van der Waals surface area contributed by atoms with E-state index in [0.29, 0.717) is 26.3 Å². The maximum absolute atomic E-state index is 13.5. The maximum Gasteiger partial charge on any atom is 0.124 e. The van der Waals surface area contributed by atoms with Gasteiger partial charge in [-0.15, -0.1) is 0 Å². The van der Waals surface area contributed by atoms with Crippen molar-refractivity contribution in [1.82, 2.24) is 10.3 Å². The van der Waals surface area contributed by atoms with E-state index in [2.05, 4.69) is 10.3 Å². The Morgan fingerprint density at radius 3 is 3.05 bits per heavy atom. The average Bonchev–Trinajstić information content (AvgIpc) is 2.42. The number of nitrogens with one attached hydrogen (secondary N) is 1. The molecule has 4 nitrogen and oxygen atoms in total. The molecule has 0 radical (unpaired) electrons. The van der Waals surface area contributed by atoms with Crippen molar-refractivity contribution >= 4 is 10.9 Å². The van der Waals surface area contributed by atoms with Gasteiger partial charge in [0.15, 0.2) is 0 Å². The molecule has 2 aromatic rings. The smallest absolute Gasteiger partial charge is 0.124 e. The fourth-order valence-electron chi connectivity index (χ4n) is 1.90. The second-order valence-corrected chi connectivity index (χ2v) is 4.15. The van der Waals surface area contributed by atoms with Crippen molar-refractivity contribution < 1.29 is 14.2 Å². The number of hydrogen-bond acceptors (Lipinski definition) is 4. The first kappa shape index (κ1) is 13.9. The quantitative estimate of drug-likeness (QED) is 0.744. The topological polar surface area (TPSA) is 54.4 Å². The molecule has 0 fully saturated rings. The van der Waals surface area contributed by atoms with Crippen LogP contribution < -0.4 is 5.32 Å². The molecule has 0 saturated heterocycles. The lowest BCUT2D eigenvalue weighted by Crippen LogP contribution is -2.20. The molecule has 2 N–H and O–H groups in total. The molecule has 1 heterocycles. The van der Waals surface area contributed by atoms with Crippen LogP contribution in [0.3, 0.4) is 0 Å². The van der Waals surface area contributed by atoms with Crippen LogP contribution in [0.15, 0.2) is 30.5 Å². The van der Waals surface area contributed by atoms with Crippen LogP contribution in [-0.2, 0) is 11.3 Å². The molecule has 1 aromatic carbocycles. The lowest BCUT2D eigenvalue weighted by Gasteiger charge is -2.08. The molecule has 102 valence electrons. The standard InChI is InChI=1S/C14H17FN2O2/c15-13-8-11-2-1-3-17-14(11)12(9-13)10-16-4-6-19-7-5-18/h1-3,8-9,16,18H,4-7,10H2. The molecule has 0 aliphatic heterocycles.